The third-order valence-corrected chi connectivity index (χ3v) is 5.55. The zero-order chi connectivity index (χ0) is 17.2. The van der Waals surface area contributed by atoms with Gasteiger partial charge in [-0.25, -0.2) is 0 Å². The van der Waals surface area contributed by atoms with Crippen molar-refractivity contribution >= 4 is 5.91 Å². The molecule has 1 aromatic rings. The van der Waals surface area contributed by atoms with E-state index in [1.165, 1.54) is 11.1 Å². The molecule has 2 aliphatic heterocycles. The van der Waals surface area contributed by atoms with Gasteiger partial charge in [-0.1, -0.05) is 29.8 Å². The van der Waals surface area contributed by atoms with E-state index in [0.717, 1.165) is 19.4 Å². The van der Waals surface area contributed by atoms with Gasteiger partial charge < -0.3 is 14.7 Å². The number of carbonyl (C=O) groups is 1. The fourth-order valence-electron chi connectivity index (χ4n) is 4.00. The Morgan fingerprint density at radius 2 is 2.12 bits per heavy atom. The molecular weight excluding hydrogens is 302 g/mol. The highest BCUT2D eigenvalue weighted by molar-refractivity contribution is 5.79. The van der Waals surface area contributed by atoms with Crippen molar-refractivity contribution in [3.05, 3.63) is 35.4 Å². The molecule has 2 atom stereocenters. The Morgan fingerprint density at radius 1 is 1.38 bits per heavy atom. The molecule has 2 aliphatic rings. The van der Waals surface area contributed by atoms with Crippen LogP contribution in [-0.2, 0) is 16.0 Å². The van der Waals surface area contributed by atoms with Gasteiger partial charge >= 0.3 is 0 Å². The Balaban J connectivity index is 1.57. The molecular formula is C20H29NO3. The molecule has 1 N–H and O–H groups in total. The molecule has 0 saturated carbocycles. The number of aryl methyl sites for hydroxylation is 1. The first-order valence-corrected chi connectivity index (χ1v) is 9.15. The molecule has 0 aliphatic carbocycles. The number of piperidine rings is 1. The van der Waals surface area contributed by atoms with Crippen LogP contribution in [0.1, 0.15) is 43.7 Å². The largest absolute Gasteiger partial charge is 0.389 e. The number of likely N-dealkylation sites (tertiary alicyclic amines) is 1. The fourth-order valence-corrected chi connectivity index (χ4v) is 4.00. The van der Waals surface area contributed by atoms with E-state index in [0.29, 0.717) is 32.4 Å². The maximum atomic E-state index is 12.7. The summed E-state index contributed by atoms with van der Waals surface area (Å²) in [4.78, 5) is 14.7. The van der Waals surface area contributed by atoms with Crippen molar-refractivity contribution in [2.75, 3.05) is 19.7 Å². The van der Waals surface area contributed by atoms with E-state index in [9.17, 15) is 9.90 Å². The number of hydrogen-bond donors (Lipinski definition) is 1. The van der Waals surface area contributed by atoms with Gasteiger partial charge in [0.25, 0.3) is 0 Å². The van der Waals surface area contributed by atoms with Crippen LogP contribution < -0.4 is 0 Å². The maximum Gasteiger partial charge on any atom is 0.228 e. The Labute approximate surface area is 144 Å². The quantitative estimate of drug-likeness (QED) is 0.926. The SMILES string of the molecule is Cc1cccc(CC2(O)CCN(C(=O)[C@@H]3CCCO[C@@H]3C)CC2)c1. The summed E-state index contributed by atoms with van der Waals surface area (Å²) in [6, 6.07) is 8.32. The minimum atomic E-state index is -0.695. The molecule has 3 rings (SSSR count). The first-order chi connectivity index (χ1) is 11.5. The van der Waals surface area contributed by atoms with Gasteiger partial charge in [-0.2, -0.15) is 0 Å². The second kappa shape index (κ2) is 7.24. The van der Waals surface area contributed by atoms with Gasteiger partial charge in [-0.05, 0) is 45.1 Å². The number of hydrogen-bond acceptors (Lipinski definition) is 3. The Kier molecular flexibility index (Phi) is 5.26. The van der Waals surface area contributed by atoms with E-state index < -0.39 is 5.60 Å². The minimum absolute atomic E-state index is 0.0123. The summed E-state index contributed by atoms with van der Waals surface area (Å²) in [5, 5.41) is 10.9. The van der Waals surface area contributed by atoms with Crippen molar-refractivity contribution in [1.82, 2.24) is 4.90 Å². The monoisotopic (exact) mass is 331 g/mol. The predicted octanol–water partition coefficient (Wildman–Crippen LogP) is 2.71. The van der Waals surface area contributed by atoms with Crippen molar-refractivity contribution < 1.29 is 14.6 Å². The molecule has 0 unspecified atom stereocenters. The van der Waals surface area contributed by atoms with Gasteiger partial charge in [-0.15, -0.1) is 0 Å². The second-order valence-electron chi connectivity index (χ2n) is 7.54. The van der Waals surface area contributed by atoms with Crippen LogP contribution >= 0.6 is 0 Å². The summed E-state index contributed by atoms with van der Waals surface area (Å²) < 4.78 is 5.64. The average Bonchev–Trinajstić information content (AvgIpc) is 2.55. The topological polar surface area (TPSA) is 49.8 Å². The van der Waals surface area contributed by atoms with Crippen LogP contribution in [0.4, 0.5) is 0 Å². The summed E-state index contributed by atoms with van der Waals surface area (Å²) in [5.41, 5.74) is 1.70. The average molecular weight is 331 g/mol. The van der Waals surface area contributed by atoms with E-state index in [2.05, 4.69) is 25.1 Å². The van der Waals surface area contributed by atoms with E-state index in [1.54, 1.807) is 0 Å². The molecule has 4 nitrogen and oxygen atoms in total. The maximum absolute atomic E-state index is 12.7. The Hall–Kier alpha value is -1.39. The zero-order valence-corrected chi connectivity index (χ0v) is 14.8. The molecule has 0 spiro atoms. The molecule has 2 saturated heterocycles. The molecule has 0 aromatic heterocycles. The van der Waals surface area contributed by atoms with Crippen LogP contribution in [0.2, 0.25) is 0 Å². The third-order valence-electron chi connectivity index (χ3n) is 5.55. The van der Waals surface area contributed by atoms with E-state index in [-0.39, 0.29) is 17.9 Å². The van der Waals surface area contributed by atoms with Crippen molar-refractivity contribution in [3.63, 3.8) is 0 Å². The second-order valence-corrected chi connectivity index (χ2v) is 7.54. The highest BCUT2D eigenvalue weighted by Crippen LogP contribution is 2.29. The first-order valence-electron chi connectivity index (χ1n) is 9.15. The number of ether oxygens (including phenoxy) is 1. The van der Waals surface area contributed by atoms with Crippen LogP contribution in [0.3, 0.4) is 0 Å². The lowest BCUT2D eigenvalue weighted by molar-refractivity contribution is -0.148. The number of benzene rings is 1. The van der Waals surface area contributed by atoms with Crippen LogP contribution in [0, 0.1) is 12.8 Å². The molecule has 132 valence electrons. The molecule has 1 aromatic carbocycles. The standard InChI is InChI=1S/C20H29NO3/c1-15-5-3-6-17(13-15)14-20(23)8-10-21(11-9-20)19(22)18-7-4-12-24-16(18)2/h3,5-6,13,16,18,23H,4,7-12,14H2,1-2H3/t16-,18-/m1/s1. The highest BCUT2D eigenvalue weighted by atomic mass is 16.5. The Morgan fingerprint density at radius 3 is 2.79 bits per heavy atom. The van der Waals surface area contributed by atoms with Gasteiger partial charge in [0, 0.05) is 26.1 Å². The molecule has 4 heteroatoms. The zero-order valence-electron chi connectivity index (χ0n) is 14.8. The van der Waals surface area contributed by atoms with Gasteiger partial charge in [0.15, 0.2) is 0 Å². The lowest BCUT2D eigenvalue weighted by Gasteiger charge is -2.41. The van der Waals surface area contributed by atoms with Crippen molar-refractivity contribution in [3.8, 4) is 0 Å². The number of nitrogens with zero attached hydrogens (tertiary/aromatic N) is 1. The van der Waals surface area contributed by atoms with E-state index >= 15 is 0 Å². The normalized spacial score (nSPS) is 27.0. The summed E-state index contributed by atoms with van der Waals surface area (Å²) >= 11 is 0. The van der Waals surface area contributed by atoms with Crippen LogP contribution in [0.25, 0.3) is 0 Å². The number of carbonyl (C=O) groups excluding carboxylic acids is 1. The molecule has 0 radical (unpaired) electrons. The first kappa shape index (κ1) is 17.4. The molecule has 0 bridgehead atoms. The molecule has 1 amide bonds. The Bertz CT molecular complexity index is 578. The highest BCUT2D eigenvalue weighted by Gasteiger charge is 2.38. The van der Waals surface area contributed by atoms with Crippen LogP contribution in [0.15, 0.2) is 24.3 Å². The molecule has 24 heavy (non-hydrogen) atoms. The summed E-state index contributed by atoms with van der Waals surface area (Å²) in [6.07, 6.45) is 3.86. The fraction of sp³-hybridized carbons (Fsp3) is 0.650. The van der Waals surface area contributed by atoms with Crippen LogP contribution in [-0.4, -0.2) is 47.3 Å². The van der Waals surface area contributed by atoms with Gasteiger partial charge in [0.1, 0.15) is 0 Å². The predicted molar refractivity (Wildman–Crippen MR) is 93.8 cm³/mol. The number of amides is 1. The van der Waals surface area contributed by atoms with E-state index in [1.807, 2.05) is 17.9 Å². The molecule has 2 heterocycles. The molecule has 2 fully saturated rings. The smallest absolute Gasteiger partial charge is 0.228 e. The summed E-state index contributed by atoms with van der Waals surface area (Å²) in [7, 11) is 0. The van der Waals surface area contributed by atoms with Gasteiger partial charge in [0.2, 0.25) is 5.91 Å². The summed E-state index contributed by atoms with van der Waals surface area (Å²) in [5.74, 6) is 0.196. The third kappa shape index (κ3) is 3.98. The van der Waals surface area contributed by atoms with Crippen molar-refractivity contribution in [2.45, 2.75) is 57.7 Å². The van der Waals surface area contributed by atoms with Crippen molar-refractivity contribution in [1.29, 1.82) is 0 Å². The number of aliphatic hydroxyl groups is 1. The van der Waals surface area contributed by atoms with Crippen molar-refractivity contribution in [2.24, 2.45) is 5.92 Å². The van der Waals surface area contributed by atoms with E-state index in [4.69, 9.17) is 4.74 Å². The summed E-state index contributed by atoms with van der Waals surface area (Å²) in [6.45, 7) is 6.12. The van der Waals surface area contributed by atoms with Gasteiger partial charge in [0.05, 0.1) is 17.6 Å². The lowest BCUT2D eigenvalue weighted by Crippen LogP contribution is -2.51. The van der Waals surface area contributed by atoms with Crippen LogP contribution in [0.5, 0.6) is 0 Å². The number of rotatable bonds is 3. The van der Waals surface area contributed by atoms with Gasteiger partial charge in [-0.3, -0.25) is 4.79 Å². The minimum Gasteiger partial charge on any atom is -0.389 e. The lowest BCUT2D eigenvalue weighted by atomic mass is 9.84.